The molecule has 1 aromatic carbocycles. The summed E-state index contributed by atoms with van der Waals surface area (Å²) in [4.78, 5) is 2.10. The van der Waals surface area contributed by atoms with Crippen LogP contribution in [0.4, 0.5) is 18.9 Å². The summed E-state index contributed by atoms with van der Waals surface area (Å²) in [6.07, 6.45) is -2.12. The summed E-state index contributed by atoms with van der Waals surface area (Å²) < 4.78 is 39.4. The largest absolute Gasteiger partial charge is 0.416 e. The lowest BCUT2D eigenvalue weighted by atomic mass is 9.91. The molecule has 5 heteroatoms. The number of hydrogen-bond acceptors (Lipinski definition) is 1. The van der Waals surface area contributed by atoms with Gasteiger partial charge in [0.05, 0.1) is 5.56 Å². The Balaban J connectivity index is 2.38. The van der Waals surface area contributed by atoms with Gasteiger partial charge in [0.25, 0.3) is 0 Å². The molecule has 2 unspecified atom stereocenters. The third-order valence-electron chi connectivity index (χ3n) is 4.25. The predicted octanol–water partition coefficient (Wildman–Crippen LogP) is 5.23. The highest BCUT2D eigenvalue weighted by Gasteiger charge is 2.34. The molecule has 2 rings (SSSR count). The number of anilines is 1. The minimum atomic E-state index is -4.30. The fraction of sp³-hybridized carbons (Fsp3) is 0.600. The van der Waals surface area contributed by atoms with Gasteiger partial charge in [-0.15, -0.1) is 0 Å². The normalized spacial score (nSPS) is 24.0. The average Bonchev–Trinajstić information content (AvgIpc) is 2.40. The Bertz CT molecular complexity index is 473. The van der Waals surface area contributed by atoms with Crippen molar-refractivity contribution in [1.82, 2.24) is 0 Å². The molecule has 1 heterocycles. The first kappa shape index (κ1) is 15.7. The molecule has 20 heavy (non-hydrogen) atoms. The molecule has 1 aromatic rings. The number of halogens is 4. The molecular formula is C15H19BrF3N. The second-order valence-electron chi connectivity index (χ2n) is 5.53. The fourth-order valence-electron chi connectivity index (χ4n) is 2.82. The minimum Gasteiger partial charge on any atom is -0.369 e. The predicted molar refractivity (Wildman–Crippen MR) is 79.3 cm³/mol. The first-order chi connectivity index (χ1) is 9.34. The van der Waals surface area contributed by atoms with Gasteiger partial charge < -0.3 is 4.90 Å². The van der Waals surface area contributed by atoms with Gasteiger partial charge in [-0.3, -0.25) is 0 Å². The highest BCUT2D eigenvalue weighted by atomic mass is 79.9. The van der Waals surface area contributed by atoms with Crippen molar-refractivity contribution in [3.8, 4) is 0 Å². The standard InChI is InChI=1S/C15H19BrF3N/c1-10-4-3-7-20(11(10)2)13-6-5-12(9-16)14(8-13)15(17,18)19/h5-6,8,10-11H,3-4,7,9H2,1-2H3. The lowest BCUT2D eigenvalue weighted by molar-refractivity contribution is -0.138. The molecule has 2 atom stereocenters. The highest BCUT2D eigenvalue weighted by molar-refractivity contribution is 9.08. The molecule has 0 N–H and O–H groups in total. The number of rotatable bonds is 2. The van der Waals surface area contributed by atoms with Crippen LogP contribution in [0.15, 0.2) is 18.2 Å². The molecule has 1 saturated heterocycles. The van der Waals surface area contributed by atoms with Crippen LogP contribution in [0.25, 0.3) is 0 Å². The van der Waals surface area contributed by atoms with Crippen molar-refractivity contribution in [3.05, 3.63) is 29.3 Å². The zero-order valence-corrected chi connectivity index (χ0v) is 13.3. The number of piperidine rings is 1. The van der Waals surface area contributed by atoms with Crippen molar-refractivity contribution in [3.63, 3.8) is 0 Å². The van der Waals surface area contributed by atoms with E-state index in [0.717, 1.165) is 19.4 Å². The van der Waals surface area contributed by atoms with Gasteiger partial charge in [0, 0.05) is 23.6 Å². The second kappa shape index (κ2) is 5.96. The molecule has 0 aromatic heterocycles. The number of nitrogens with zero attached hydrogens (tertiary/aromatic N) is 1. The van der Waals surface area contributed by atoms with Gasteiger partial charge in [0.2, 0.25) is 0 Å². The van der Waals surface area contributed by atoms with E-state index in [-0.39, 0.29) is 11.4 Å². The van der Waals surface area contributed by atoms with Crippen LogP contribution >= 0.6 is 15.9 Å². The van der Waals surface area contributed by atoms with E-state index < -0.39 is 11.7 Å². The average molecular weight is 350 g/mol. The van der Waals surface area contributed by atoms with E-state index in [4.69, 9.17) is 0 Å². The maximum absolute atomic E-state index is 13.1. The molecule has 0 radical (unpaired) electrons. The van der Waals surface area contributed by atoms with Crippen LogP contribution < -0.4 is 4.90 Å². The monoisotopic (exact) mass is 349 g/mol. The van der Waals surface area contributed by atoms with E-state index in [1.807, 2.05) is 0 Å². The first-order valence-corrected chi connectivity index (χ1v) is 7.99. The molecule has 0 bridgehead atoms. The third-order valence-corrected chi connectivity index (χ3v) is 4.85. The van der Waals surface area contributed by atoms with Crippen LogP contribution in [0.1, 0.15) is 37.8 Å². The zero-order valence-electron chi connectivity index (χ0n) is 11.7. The van der Waals surface area contributed by atoms with Crippen LogP contribution in [-0.2, 0) is 11.5 Å². The summed E-state index contributed by atoms with van der Waals surface area (Å²) in [5.41, 5.74) is 0.442. The Labute approximate surface area is 126 Å². The highest BCUT2D eigenvalue weighted by Crippen LogP contribution is 2.37. The fourth-order valence-corrected chi connectivity index (χ4v) is 3.31. The summed E-state index contributed by atoms with van der Waals surface area (Å²) >= 11 is 3.13. The molecule has 1 nitrogen and oxygen atoms in total. The third kappa shape index (κ3) is 3.13. The minimum absolute atomic E-state index is 0.216. The van der Waals surface area contributed by atoms with E-state index in [2.05, 4.69) is 34.7 Å². The topological polar surface area (TPSA) is 3.24 Å². The van der Waals surface area contributed by atoms with Crippen molar-refractivity contribution < 1.29 is 13.2 Å². The molecule has 1 aliphatic rings. The van der Waals surface area contributed by atoms with Crippen LogP contribution in [0, 0.1) is 5.92 Å². The van der Waals surface area contributed by atoms with E-state index in [9.17, 15) is 13.2 Å². The summed E-state index contributed by atoms with van der Waals surface area (Å²) in [5, 5.41) is 0.216. The van der Waals surface area contributed by atoms with Gasteiger partial charge in [0.15, 0.2) is 0 Å². The van der Waals surface area contributed by atoms with E-state index in [1.165, 1.54) is 6.07 Å². The molecule has 0 saturated carbocycles. The summed E-state index contributed by atoms with van der Waals surface area (Å²) in [6, 6.07) is 4.96. The maximum Gasteiger partial charge on any atom is 0.416 e. The smallest absolute Gasteiger partial charge is 0.369 e. The van der Waals surface area contributed by atoms with Gasteiger partial charge in [-0.2, -0.15) is 13.2 Å². The van der Waals surface area contributed by atoms with Gasteiger partial charge >= 0.3 is 6.18 Å². The van der Waals surface area contributed by atoms with Gasteiger partial charge in [-0.1, -0.05) is 28.9 Å². The zero-order chi connectivity index (χ0) is 14.9. The molecule has 0 spiro atoms. The summed E-state index contributed by atoms with van der Waals surface area (Å²) in [5.74, 6) is 0.508. The van der Waals surface area contributed by atoms with Gasteiger partial charge in [-0.05, 0) is 43.4 Å². The van der Waals surface area contributed by atoms with Gasteiger partial charge in [0.1, 0.15) is 0 Å². The maximum atomic E-state index is 13.1. The van der Waals surface area contributed by atoms with Crippen molar-refractivity contribution in [2.24, 2.45) is 5.92 Å². The SMILES string of the molecule is CC1CCCN(c2ccc(CBr)c(C(F)(F)F)c2)C1C. The summed E-state index contributed by atoms with van der Waals surface area (Å²) in [7, 11) is 0. The molecular weight excluding hydrogens is 331 g/mol. The van der Waals surface area contributed by atoms with Crippen LogP contribution in [-0.4, -0.2) is 12.6 Å². The van der Waals surface area contributed by atoms with E-state index >= 15 is 0 Å². The molecule has 112 valence electrons. The number of benzene rings is 1. The van der Waals surface area contributed by atoms with Crippen LogP contribution in [0.5, 0.6) is 0 Å². The van der Waals surface area contributed by atoms with E-state index in [0.29, 0.717) is 17.2 Å². The lowest BCUT2D eigenvalue weighted by Crippen LogP contribution is -2.42. The van der Waals surface area contributed by atoms with Crippen molar-refractivity contribution in [2.75, 3.05) is 11.4 Å². The summed E-state index contributed by atoms with van der Waals surface area (Å²) in [6.45, 7) is 5.08. The Hall–Kier alpha value is -0.710. The van der Waals surface area contributed by atoms with Crippen LogP contribution in [0.3, 0.4) is 0 Å². The molecule has 1 fully saturated rings. The molecule has 1 aliphatic heterocycles. The van der Waals surface area contributed by atoms with Crippen LogP contribution in [0.2, 0.25) is 0 Å². The first-order valence-electron chi connectivity index (χ1n) is 6.87. The second-order valence-corrected chi connectivity index (χ2v) is 6.09. The van der Waals surface area contributed by atoms with Crippen molar-refractivity contribution in [1.29, 1.82) is 0 Å². The van der Waals surface area contributed by atoms with Crippen molar-refractivity contribution >= 4 is 21.6 Å². The Morgan fingerprint density at radius 1 is 1.30 bits per heavy atom. The lowest BCUT2D eigenvalue weighted by Gasteiger charge is -2.40. The molecule has 0 amide bonds. The van der Waals surface area contributed by atoms with Crippen molar-refractivity contribution in [2.45, 2.75) is 44.2 Å². The number of alkyl halides is 4. The Morgan fingerprint density at radius 2 is 2.00 bits per heavy atom. The van der Waals surface area contributed by atoms with Gasteiger partial charge in [-0.25, -0.2) is 0 Å². The van der Waals surface area contributed by atoms with E-state index in [1.54, 1.807) is 12.1 Å². The Morgan fingerprint density at radius 3 is 2.60 bits per heavy atom. The Kier molecular flexibility index (Phi) is 4.67. The number of hydrogen-bond donors (Lipinski definition) is 0. The quantitative estimate of drug-likeness (QED) is 0.661. The molecule has 0 aliphatic carbocycles.